The number of para-hydroxylation sites is 2. The van der Waals surface area contributed by atoms with E-state index in [1.165, 1.54) is 6.07 Å². The summed E-state index contributed by atoms with van der Waals surface area (Å²) in [4.78, 5) is 26.9. The number of rotatable bonds is 6. The number of ether oxygens (including phenoxy) is 1. The van der Waals surface area contributed by atoms with Crippen molar-refractivity contribution in [2.45, 2.75) is 25.6 Å². The highest BCUT2D eigenvalue weighted by atomic mass is 19.3. The van der Waals surface area contributed by atoms with E-state index in [-0.39, 0.29) is 29.8 Å². The van der Waals surface area contributed by atoms with Gasteiger partial charge in [-0.05, 0) is 24.6 Å². The molecular weight excluding hydrogens is 394 g/mol. The molecular formula is C21H20F2N4O3. The lowest BCUT2D eigenvalue weighted by atomic mass is 10.2. The van der Waals surface area contributed by atoms with Gasteiger partial charge < -0.3 is 15.0 Å². The SMILES string of the molecule is O=C(Cn1ncc2ccccc2c1=O)NC1CCN(c2ccccc2OC(F)F)C1. The molecule has 156 valence electrons. The van der Waals surface area contributed by atoms with Crippen LogP contribution >= 0.6 is 0 Å². The van der Waals surface area contributed by atoms with Gasteiger partial charge in [0.25, 0.3) is 5.56 Å². The Morgan fingerprint density at radius 1 is 1.20 bits per heavy atom. The van der Waals surface area contributed by atoms with E-state index >= 15 is 0 Å². The van der Waals surface area contributed by atoms with Crippen LogP contribution in [0.5, 0.6) is 5.75 Å². The Hall–Kier alpha value is -3.49. The minimum Gasteiger partial charge on any atom is -0.433 e. The van der Waals surface area contributed by atoms with Crippen LogP contribution in [0.25, 0.3) is 10.8 Å². The Morgan fingerprint density at radius 2 is 1.97 bits per heavy atom. The highest BCUT2D eigenvalue weighted by molar-refractivity contribution is 5.81. The van der Waals surface area contributed by atoms with E-state index < -0.39 is 6.61 Å². The van der Waals surface area contributed by atoms with Gasteiger partial charge in [-0.1, -0.05) is 30.3 Å². The number of hydrogen-bond acceptors (Lipinski definition) is 5. The monoisotopic (exact) mass is 414 g/mol. The second kappa shape index (κ2) is 8.48. The molecule has 30 heavy (non-hydrogen) atoms. The second-order valence-electron chi connectivity index (χ2n) is 7.04. The predicted octanol–water partition coefficient (Wildman–Crippen LogP) is 2.39. The molecule has 7 nitrogen and oxygen atoms in total. The van der Waals surface area contributed by atoms with E-state index in [9.17, 15) is 18.4 Å². The number of carbonyl (C=O) groups excluding carboxylic acids is 1. The average molecular weight is 414 g/mol. The zero-order valence-corrected chi connectivity index (χ0v) is 16.0. The van der Waals surface area contributed by atoms with Gasteiger partial charge in [0.15, 0.2) is 0 Å². The molecule has 1 aliphatic heterocycles. The summed E-state index contributed by atoms with van der Waals surface area (Å²) >= 11 is 0. The molecule has 1 fully saturated rings. The van der Waals surface area contributed by atoms with Gasteiger partial charge in [0.2, 0.25) is 5.91 Å². The van der Waals surface area contributed by atoms with Crippen molar-refractivity contribution in [2.24, 2.45) is 0 Å². The van der Waals surface area contributed by atoms with Crippen LogP contribution in [-0.4, -0.2) is 41.4 Å². The molecule has 1 unspecified atom stereocenters. The number of hydrogen-bond donors (Lipinski definition) is 1. The Labute approximate surface area is 170 Å². The number of nitrogens with zero attached hydrogens (tertiary/aromatic N) is 3. The van der Waals surface area contributed by atoms with Crippen molar-refractivity contribution in [2.75, 3.05) is 18.0 Å². The summed E-state index contributed by atoms with van der Waals surface area (Å²) in [6.45, 7) is -2.05. The minimum absolute atomic E-state index is 0.103. The molecule has 9 heteroatoms. The van der Waals surface area contributed by atoms with Crippen LogP contribution in [0.3, 0.4) is 0 Å². The molecule has 1 aliphatic rings. The maximum absolute atomic E-state index is 12.6. The van der Waals surface area contributed by atoms with Gasteiger partial charge in [-0.25, -0.2) is 4.68 Å². The Balaban J connectivity index is 1.40. The summed E-state index contributed by atoms with van der Waals surface area (Å²) in [5.74, 6) is -0.227. The van der Waals surface area contributed by atoms with E-state index in [2.05, 4.69) is 15.2 Å². The first-order valence-corrected chi connectivity index (χ1v) is 9.54. The van der Waals surface area contributed by atoms with E-state index in [1.807, 2.05) is 11.0 Å². The van der Waals surface area contributed by atoms with Gasteiger partial charge in [0.1, 0.15) is 12.3 Å². The van der Waals surface area contributed by atoms with Crippen molar-refractivity contribution < 1.29 is 18.3 Å². The molecule has 1 atom stereocenters. The van der Waals surface area contributed by atoms with Crippen LogP contribution < -0.4 is 20.5 Å². The van der Waals surface area contributed by atoms with Crippen LogP contribution in [0.15, 0.2) is 59.5 Å². The predicted molar refractivity (Wildman–Crippen MR) is 108 cm³/mol. The molecule has 0 spiro atoms. The third-order valence-electron chi connectivity index (χ3n) is 5.03. The lowest BCUT2D eigenvalue weighted by molar-refractivity contribution is -0.122. The van der Waals surface area contributed by atoms with Crippen molar-refractivity contribution in [3.05, 3.63) is 65.1 Å². The van der Waals surface area contributed by atoms with Crippen LogP contribution in [0.4, 0.5) is 14.5 Å². The first kappa shape index (κ1) is 19.8. The van der Waals surface area contributed by atoms with Crippen LogP contribution in [-0.2, 0) is 11.3 Å². The first-order chi connectivity index (χ1) is 14.5. The molecule has 1 amide bonds. The Bertz CT molecular complexity index is 1120. The molecule has 2 heterocycles. The van der Waals surface area contributed by atoms with E-state index in [4.69, 9.17) is 0 Å². The molecule has 2 aromatic carbocycles. The molecule has 1 saturated heterocycles. The molecule has 0 saturated carbocycles. The number of nitrogens with one attached hydrogen (secondary N) is 1. The standard InChI is InChI=1S/C21H20F2N4O3/c22-21(23)30-18-8-4-3-7-17(18)26-10-9-15(12-26)25-19(28)13-27-20(29)16-6-2-1-5-14(16)11-24-27/h1-8,11,15,21H,9-10,12-13H2,(H,25,28). The zero-order valence-electron chi connectivity index (χ0n) is 16.0. The van der Waals surface area contributed by atoms with Crippen molar-refractivity contribution in [1.29, 1.82) is 0 Å². The first-order valence-electron chi connectivity index (χ1n) is 9.54. The molecule has 0 radical (unpaired) electrons. The van der Waals surface area contributed by atoms with E-state index in [1.54, 1.807) is 42.6 Å². The van der Waals surface area contributed by atoms with Crippen LogP contribution in [0.2, 0.25) is 0 Å². The summed E-state index contributed by atoms with van der Waals surface area (Å²) < 4.78 is 31.0. The number of fused-ring (bicyclic) bond motifs is 1. The fourth-order valence-electron chi connectivity index (χ4n) is 3.66. The number of halogens is 2. The normalized spacial score (nSPS) is 16.2. The van der Waals surface area contributed by atoms with Crippen molar-refractivity contribution in [3.63, 3.8) is 0 Å². The minimum atomic E-state index is -2.91. The van der Waals surface area contributed by atoms with Crippen molar-refractivity contribution in [3.8, 4) is 5.75 Å². The Morgan fingerprint density at radius 3 is 2.80 bits per heavy atom. The van der Waals surface area contributed by atoms with Crippen molar-refractivity contribution in [1.82, 2.24) is 15.1 Å². The maximum atomic E-state index is 12.6. The van der Waals surface area contributed by atoms with Gasteiger partial charge in [-0.3, -0.25) is 9.59 Å². The van der Waals surface area contributed by atoms with E-state index in [0.29, 0.717) is 30.6 Å². The van der Waals surface area contributed by atoms with Gasteiger partial charge in [0, 0.05) is 24.5 Å². The molecule has 1 aromatic heterocycles. The van der Waals surface area contributed by atoms with Gasteiger partial charge >= 0.3 is 6.61 Å². The zero-order chi connectivity index (χ0) is 21.1. The third-order valence-corrected chi connectivity index (χ3v) is 5.03. The maximum Gasteiger partial charge on any atom is 0.387 e. The number of alkyl halides is 2. The molecule has 3 aromatic rings. The fraction of sp³-hybridized carbons (Fsp3) is 0.286. The summed E-state index contributed by atoms with van der Waals surface area (Å²) in [7, 11) is 0. The number of carbonyl (C=O) groups is 1. The molecule has 4 rings (SSSR count). The van der Waals surface area contributed by atoms with Gasteiger partial charge in [0.05, 0.1) is 17.3 Å². The average Bonchev–Trinajstić information content (AvgIpc) is 3.18. The number of aromatic nitrogens is 2. The fourth-order valence-corrected chi connectivity index (χ4v) is 3.66. The third kappa shape index (κ3) is 4.24. The smallest absolute Gasteiger partial charge is 0.387 e. The molecule has 0 aliphatic carbocycles. The number of anilines is 1. The summed E-state index contributed by atoms with van der Waals surface area (Å²) in [5, 5.41) is 8.18. The number of benzene rings is 2. The van der Waals surface area contributed by atoms with Gasteiger partial charge in [-0.2, -0.15) is 13.9 Å². The highest BCUT2D eigenvalue weighted by Crippen LogP contribution is 2.31. The lowest BCUT2D eigenvalue weighted by Crippen LogP contribution is -2.41. The lowest BCUT2D eigenvalue weighted by Gasteiger charge is -2.22. The summed E-state index contributed by atoms with van der Waals surface area (Å²) in [5.41, 5.74) is 0.233. The Kier molecular flexibility index (Phi) is 5.60. The topological polar surface area (TPSA) is 76.5 Å². The second-order valence-corrected chi connectivity index (χ2v) is 7.04. The van der Waals surface area contributed by atoms with Crippen molar-refractivity contribution >= 4 is 22.4 Å². The molecule has 1 N–H and O–H groups in total. The van der Waals surface area contributed by atoms with Gasteiger partial charge in [-0.15, -0.1) is 0 Å². The summed E-state index contributed by atoms with van der Waals surface area (Å²) in [6, 6.07) is 13.5. The highest BCUT2D eigenvalue weighted by Gasteiger charge is 2.26. The largest absolute Gasteiger partial charge is 0.433 e. The number of amides is 1. The van der Waals surface area contributed by atoms with Crippen LogP contribution in [0.1, 0.15) is 6.42 Å². The van der Waals surface area contributed by atoms with Crippen LogP contribution in [0, 0.1) is 0 Å². The summed E-state index contributed by atoms with van der Waals surface area (Å²) in [6.07, 6.45) is 2.20. The van der Waals surface area contributed by atoms with E-state index in [0.717, 1.165) is 10.1 Å². The molecule has 0 bridgehead atoms. The quantitative estimate of drug-likeness (QED) is 0.670.